The van der Waals surface area contributed by atoms with Gasteiger partial charge in [0, 0.05) is 32.6 Å². The van der Waals surface area contributed by atoms with E-state index < -0.39 is 5.41 Å². The fraction of sp³-hybridized carbons (Fsp3) is 0.571. The van der Waals surface area contributed by atoms with E-state index in [0.29, 0.717) is 25.1 Å². The molecular weight excluding hydrogens is 354 g/mol. The molecule has 2 aromatic heterocycles. The van der Waals surface area contributed by atoms with E-state index in [2.05, 4.69) is 15.2 Å². The largest absolute Gasteiger partial charge is 0.469 e. The number of aromatic nitrogens is 2. The molecule has 0 unspecified atom stereocenters. The monoisotopic (exact) mass is 383 g/mol. The van der Waals surface area contributed by atoms with Crippen LogP contribution >= 0.6 is 0 Å². The predicted molar refractivity (Wildman–Crippen MR) is 110 cm³/mol. The molecule has 3 heterocycles. The average Bonchev–Trinajstić information content (AvgIpc) is 3.37. The molecule has 0 bridgehead atoms. The van der Waals surface area contributed by atoms with Gasteiger partial charge >= 0.3 is 0 Å². The van der Waals surface area contributed by atoms with Gasteiger partial charge in [-0.25, -0.2) is 4.98 Å². The van der Waals surface area contributed by atoms with E-state index >= 15 is 0 Å². The van der Waals surface area contributed by atoms with E-state index in [1.807, 2.05) is 33.0 Å². The maximum atomic E-state index is 13.0. The third kappa shape index (κ3) is 3.57. The Bertz CT molecular complexity index is 827. The molecule has 7 nitrogen and oxygen atoms in total. The highest BCUT2D eigenvalue weighted by Crippen LogP contribution is 2.40. The van der Waals surface area contributed by atoms with Gasteiger partial charge in [-0.05, 0) is 38.8 Å². The highest BCUT2D eigenvalue weighted by molar-refractivity contribution is 6.00. The van der Waals surface area contributed by atoms with Crippen LogP contribution in [-0.4, -0.2) is 42.1 Å². The van der Waals surface area contributed by atoms with Crippen LogP contribution in [0.15, 0.2) is 29.0 Å². The highest BCUT2D eigenvalue weighted by Gasteiger charge is 2.41. The molecule has 0 saturated heterocycles. The van der Waals surface area contributed by atoms with Gasteiger partial charge in [0.15, 0.2) is 5.82 Å². The number of carbonyl (C=O) groups is 1. The molecule has 0 spiro atoms. The molecule has 1 N–H and O–H groups in total. The van der Waals surface area contributed by atoms with Crippen molar-refractivity contribution >= 4 is 23.4 Å². The standard InChI is InChI=1S/C21H29N5O2/c1-21(2)14-26(15-7-4-5-8-15)18-17(25(3)19(21)27)13-23-20(24-18)22-11-10-16-9-6-12-28-16/h6,9,12-13,15H,4-5,7-8,10-11,14H2,1-3H3,(H,22,23,24). The van der Waals surface area contributed by atoms with Crippen LogP contribution in [0.5, 0.6) is 0 Å². The molecule has 1 fully saturated rings. The smallest absolute Gasteiger partial charge is 0.234 e. The Morgan fingerprint density at radius 2 is 2.11 bits per heavy atom. The number of furan rings is 1. The molecule has 1 aliphatic carbocycles. The second-order valence-electron chi connectivity index (χ2n) is 8.47. The van der Waals surface area contributed by atoms with Crippen molar-refractivity contribution in [2.45, 2.75) is 52.0 Å². The van der Waals surface area contributed by atoms with Crippen LogP contribution in [0.2, 0.25) is 0 Å². The van der Waals surface area contributed by atoms with Gasteiger partial charge in [0.1, 0.15) is 11.4 Å². The van der Waals surface area contributed by atoms with Crippen LogP contribution in [-0.2, 0) is 11.2 Å². The van der Waals surface area contributed by atoms with Crippen LogP contribution < -0.4 is 15.1 Å². The SMILES string of the molecule is CN1C(=O)C(C)(C)CN(C2CCCC2)c2nc(NCCc3ccco3)ncc21. The third-order valence-electron chi connectivity index (χ3n) is 5.83. The predicted octanol–water partition coefficient (Wildman–Crippen LogP) is 3.48. The summed E-state index contributed by atoms with van der Waals surface area (Å²) in [5.41, 5.74) is 0.323. The summed E-state index contributed by atoms with van der Waals surface area (Å²) in [6, 6.07) is 4.29. The lowest BCUT2D eigenvalue weighted by atomic mass is 9.91. The number of nitrogens with one attached hydrogen (secondary N) is 1. The first kappa shape index (κ1) is 18.8. The highest BCUT2D eigenvalue weighted by atomic mass is 16.3. The zero-order valence-electron chi connectivity index (χ0n) is 16.9. The number of fused-ring (bicyclic) bond motifs is 1. The summed E-state index contributed by atoms with van der Waals surface area (Å²) in [5, 5.41) is 3.30. The van der Waals surface area contributed by atoms with Crippen LogP contribution in [0.25, 0.3) is 0 Å². The molecule has 4 rings (SSSR count). The lowest BCUT2D eigenvalue weighted by Gasteiger charge is -2.34. The summed E-state index contributed by atoms with van der Waals surface area (Å²) in [4.78, 5) is 26.4. The summed E-state index contributed by atoms with van der Waals surface area (Å²) in [6.07, 6.45) is 9.00. The first-order valence-corrected chi connectivity index (χ1v) is 10.1. The molecule has 28 heavy (non-hydrogen) atoms. The van der Waals surface area contributed by atoms with Crippen LogP contribution in [0.1, 0.15) is 45.3 Å². The molecule has 0 radical (unpaired) electrons. The van der Waals surface area contributed by atoms with Crippen molar-refractivity contribution < 1.29 is 9.21 Å². The number of amides is 1. The van der Waals surface area contributed by atoms with Crippen molar-refractivity contribution in [2.24, 2.45) is 5.41 Å². The molecule has 150 valence electrons. The Labute approximate surface area is 166 Å². The quantitative estimate of drug-likeness (QED) is 0.852. The number of hydrogen-bond acceptors (Lipinski definition) is 6. The summed E-state index contributed by atoms with van der Waals surface area (Å²) in [7, 11) is 1.83. The van der Waals surface area contributed by atoms with Crippen molar-refractivity contribution in [1.82, 2.24) is 9.97 Å². The molecule has 0 aromatic carbocycles. The van der Waals surface area contributed by atoms with Gasteiger partial charge in [0.2, 0.25) is 11.9 Å². The van der Waals surface area contributed by atoms with Gasteiger partial charge in [-0.2, -0.15) is 4.98 Å². The second-order valence-corrected chi connectivity index (χ2v) is 8.47. The number of nitrogens with zero attached hydrogens (tertiary/aromatic N) is 4. The molecule has 1 saturated carbocycles. The molecule has 0 atom stereocenters. The van der Waals surface area contributed by atoms with Crippen LogP contribution in [0.4, 0.5) is 17.5 Å². The van der Waals surface area contributed by atoms with Crippen molar-refractivity contribution in [3.8, 4) is 0 Å². The van der Waals surface area contributed by atoms with E-state index in [1.54, 1.807) is 17.4 Å². The zero-order valence-corrected chi connectivity index (χ0v) is 16.9. The number of rotatable bonds is 5. The normalized spacial score (nSPS) is 19.6. The molecule has 2 aliphatic rings. The fourth-order valence-corrected chi connectivity index (χ4v) is 4.30. The molecule has 2 aromatic rings. The van der Waals surface area contributed by atoms with Crippen molar-refractivity contribution in [3.63, 3.8) is 0 Å². The van der Waals surface area contributed by atoms with Crippen molar-refractivity contribution in [3.05, 3.63) is 30.4 Å². The first-order valence-electron chi connectivity index (χ1n) is 10.1. The third-order valence-corrected chi connectivity index (χ3v) is 5.83. The Kier molecular flexibility index (Phi) is 5.00. The molecular formula is C21H29N5O2. The Hall–Kier alpha value is -2.57. The lowest BCUT2D eigenvalue weighted by molar-refractivity contribution is -0.125. The van der Waals surface area contributed by atoms with Gasteiger partial charge in [-0.1, -0.05) is 12.8 Å². The van der Waals surface area contributed by atoms with E-state index in [4.69, 9.17) is 9.40 Å². The minimum atomic E-state index is -0.467. The van der Waals surface area contributed by atoms with E-state index in [9.17, 15) is 4.79 Å². The van der Waals surface area contributed by atoms with Gasteiger partial charge in [-0.3, -0.25) is 4.79 Å². The Morgan fingerprint density at radius 1 is 1.32 bits per heavy atom. The number of hydrogen-bond donors (Lipinski definition) is 1. The maximum absolute atomic E-state index is 13.0. The van der Waals surface area contributed by atoms with Crippen LogP contribution in [0.3, 0.4) is 0 Å². The topological polar surface area (TPSA) is 74.5 Å². The molecule has 1 amide bonds. The van der Waals surface area contributed by atoms with Crippen molar-refractivity contribution in [2.75, 3.05) is 35.3 Å². The van der Waals surface area contributed by atoms with Crippen LogP contribution in [0, 0.1) is 5.41 Å². The first-order chi connectivity index (χ1) is 13.5. The van der Waals surface area contributed by atoms with Gasteiger partial charge in [0.05, 0.1) is 17.9 Å². The fourth-order valence-electron chi connectivity index (χ4n) is 4.30. The zero-order chi connectivity index (χ0) is 19.7. The minimum absolute atomic E-state index is 0.108. The van der Waals surface area contributed by atoms with Gasteiger partial charge < -0.3 is 19.5 Å². The second kappa shape index (κ2) is 7.45. The summed E-state index contributed by atoms with van der Waals surface area (Å²) >= 11 is 0. The molecule has 1 aliphatic heterocycles. The maximum Gasteiger partial charge on any atom is 0.234 e. The van der Waals surface area contributed by atoms with E-state index in [-0.39, 0.29) is 5.91 Å². The van der Waals surface area contributed by atoms with Gasteiger partial charge in [0.25, 0.3) is 0 Å². The Balaban J connectivity index is 1.62. The number of carbonyl (C=O) groups excluding carboxylic acids is 1. The van der Waals surface area contributed by atoms with E-state index in [0.717, 1.165) is 36.5 Å². The molecule has 7 heteroatoms. The van der Waals surface area contributed by atoms with E-state index in [1.165, 1.54) is 12.8 Å². The minimum Gasteiger partial charge on any atom is -0.469 e. The van der Waals surface area contributed by atoms with Gasteiger partial charge in [-0.15, -0.1) is 0 Å². The lowest BCUT2D eigenvalue weighted by Crippen LogP contribution is -2.45. The summed E-state index contributed by atoms with van der Waals surface area (Å²) < 4.78 is 5.38. The Morgan fingerprint density at radius 3 is 2.82 bits per heavy atom. The summed E-state index contributed by atoms with van der Waals surface area (Å²) in [6.45, 7) is 5.41. The summed E-state index contributed by atoms with van der Waals surface area (Å²) in [5.74, 6) is 2.50. The number of anilines is 3. The van der Waals surface area contributed by atoms with Crippen molar-refractivity contribution in [1.29, 1.82) is 0 Å². The average molecular weight is 383 g/mol.